The lowest BCUT2D eigenvalue weighted by Crippen LogP contribution is -2.54. The van der Waals surface area contributed by atoms with Gasteiger partial charge in [-0.3, -0.25) is 20.0 Å². The van der Waals surface area contributed by atoms with Gasteiger partial charge in [0.25, 0.3) is 12.3 Å². The van der Waals surface area contributed by atoms with Crippen LogP contribution in [0.4, 0.5) is 47.3 Å². The third-order valence-electron chi connectivity index (χ3n) is 10.5. The minimum Gasteiger partial charge on any atom is -0.444 e. The molecule has 64 heavy (non-hydrogen) atoms. The molecule has 342 valence electrons. The molecule has 3 aromatic carbocycles. The zero-order valence-corrected chi connectivity index (χ0v) is 35.5. The van der Waals surface area contributed by atoms with Crippen molar-refractivity contribution in [3.63, 3.8) is 0 Å². The fourth-order valence-electron chi connectivity index (χ4n) is 7.38. The number of nitrogens with one attached hydrogen (secondary N) is 3. The van der Waals surface area contributed by atoms with Gasteiger partial charge in [-0.05, 0) is 65.6 Å². The van der Waals surface area contributed by atoms with E-state index in [1.165, 1.54) is 37.4 Å². The molecule has 2 aliphatic carbocycles. The normalized spacial score (nSPS) is 21.9. The first-order chi connectivity index (χ1) is 30.1. The van der Waals surface area contributed by atoms with E-state index in [0.717, 1.165) is 22.3 Å². The number of carbonyl (C=O) groups excluding carboxylic acids is 3. The number of nitrogens with two attached hydrogens (primary N) is 2. The number of carbonyl (C=O) groups is 3. The Morgan fingerprint density at radius 1 is 1.06 bits per heavy atom. The number of alkyl carbamates (subject to hydrolysis) is 2. The zero-order chi connectivity index (χ0) is 46.8. The van der Waals surface area contributed by atoms with Crippen LogP contribution in [0.25, 0.3) is 0 Å². The van der Waals surface area contributed by atoms with Gasteiger partial charge < -0.3 is 25.9 Å². The molecule has 3 aromatic rings. The molecule has 1 heterocycles. The molecule has 1 aliphatic heterocycles. The molecule has 6 rings (SSSR count). The maximum Gasteiger partial charge on any atom is 0.414 e. The lowest BCUT2D eigenvalue weighted by atomic mass is 9.75. The summed E-state index contributed by atoms with van der Waals surface area (Å²) < 4.78 is 97.2. The van der Waals surface area contributed by atoms with E-state index >= 15 is 9.18 Å². The van der Waals surface area contributed by atoms with Crippen LogP contribution in [0.1, 0.15) is 63.1 Å². The number of anilines is 1. The van der Waals surface area contributed by atoms with Crippen molar-refractivity contribution in [3.05, 3.63) is 94.3 Å². The molecule has 2 fully saturated rings. The van der Waals surface area contributed by atoms with E-state index in [-0.39, 0.29) is 47.0 Å². The highest BCUT2D eigenvalue weighted by molar-refractivity contribution is 6.33. The van der Waals surface area contributed by atoms with Crippen LogP contribution in [0.5, 0.6) is 0 Å². The van der Waals surface area contributed by atoms with Gasteiger partial charge in [0.15, 0.2) is 11.4 Å². The van der Waals surface area contributed by atoms with E-state index in [1.54, 1.807) is 51.1 Å². The van der Waals surface area contributed by atoms with E-state index < -0.39 is 89.3 Å². The molecule has 0 spiro atoms. The number of hydrazine groups is 1. The summed E-state index contributed by atoms with van der Waals surface area (Å²) in [7, 11) is 1.49. The number of amides is 3. The first kappa shape index (κ1) is 47.1. The number of ether oxygens (including phenoxy) is 2. The van der Waals surface area contributed by atoms with E-state index in [4.69, 9.17) is 37.6 Å². The van der Waals surface area contributed by atoms with Gasteiger partial charge in [-0.25, -0.2) is 43.6 Å². The first-order valence-electron chi connectivity index (χ1n) is 19.5. The summed E-state index contributed by atoms with van der Waals surface area (Å²) in [6, 6.07) is 16.0. The number of guanidine groups is 1. The molecule has 3 amide bonds. The Kier molecular flexibility index (Phi) is 13.2. The lowest BCUT2D eigenvalue weighted by Gasteiger charge is -2.36. The lowest BCUT2D eigenvalue weighted by molar-refractivity contribution is -0.164. The van der Waals surface area contributed by atoms with Crippen molar-refractivity contribution < 1.29 is 50.2 Å². The van der Waals surface area contributed by atoms with E-state index in [1.807, 2.05) is 5.32 Å². The number of hydrazone groups is 1. The van der Waals surface area contributed by atoms with E-state index in [2.05, 4.69) is 25.8 Å². The van der Waals surface area contributed by atoms with Gasteiger partial charge in [-0.2, -0.15) is 18.3 Å². The molecule has 3 aliphatic rings. The fourth-order valence-corrected chi connectivity index (χ4v) is 7.54. The Morgan fingerprint density at radius 2 is 1.75 bits per heavy atom. The van der Waals surface area contributed by atoms with Crippen LogP contribution >= 0.6 is 11.6 Å². The van der Waals surface area contributed by atoms with Crippen molar-refractivity contribution in [1.82, 2.24) is 21.0 Å². The van der Waals surface area contributed by atoms with Crippen molar-refractivity contribution in [2.75, 3.05) is 12.1 Å². The Morgan fingerprint density at radius 3 is 2.34 bits per heavy atom. The van der Waals surface area contributed by atoms with Crippen LogP contribution in [-0.4, -0.2) is 78.8 Å². The van der Waals surface area contributed by atoms with Crippen LogP contribution in [0, 0.1) is 11.2 Å². The molecule has 0 bridgehead atoms. The molecule has 3 atom stereocenters. The molecular formula is C41H44ClF6N11O5. The maximum atomic E-state index is 16.1. The zero-order valence-electron chi connectivity index (χ0n) is 34.7. The second-order valence-electron chi connectivity index (χ2n) is 16.3. The minimum atomic E-state index is -4.82. The third kappa shape index (κ3) is 9.71. The van der Waals surface area contributed by atoms with Crippen molar-refractivity contribution in [1.29, 1.82) is 0 Å². The van der Waals surface area contributed by atoms with Crippen LogP contribution in [0.3, 0.4) is 0 Å². The number of nitrogens with zero attached hydrogens (tertiary/aromatic N) is 6. The highest BCUT2D eigenvalue weighted by atomic mass is 35.5. The molecule has 7 N–H and O–H groups in total. The van der Waals surface area contributed by atoms with E-state index in [9.17, 15) is 31.5 Å². The predicted molar refractivity (Wildman–Crippen MR) is 225 cm³/mol. The number of halogens is 7. The fraction of sp³-hybridized carbons (Fsp3) is 0.390. The van der Waals surface area contributed by atoms with Crippen molar-refractivity contribution in [3.8, 4) is 0 Å². The van der Waals surface area contributed by atoms with Crippen LogP contribution in [0.2, 0.25) is 5.02 Å². The number of aliphatic imine (C=N–C) groups is 3. The number of amidine groups is 1. The number of alkyl halides is 5. The maximum absolute atomic E-state index is 16.1. The summed E-state index contributed by atoms with van der Waals surface area (Å²) in [6.07, 6.45) is -11.8. The van der Waals surface area contributed by atoms with Crippen molar-refractivity contribution in [2.45, 2.75) is 88.4 Å². The van der Waals surface area contributed by atoms with Crippen molar-refractivity contribution in [2.24, 2.45) is 37.1 Å². The summed E-state index contributed by atoms with van der Waals surface area (Å²) >= 11 is 6.43. The standard InChI is InChI=1S/C41H44ClF6N11O5/c1-37(2,3)20-39(24-11-13-29(27(43)16-24)58(50)22-53-51-4)33(60)59(34(56-39)55-35(61)63-19-23-8-6-5-7-9-23)40(18-30(40)64-36(62)57-38(14-15-38)41(46,47)48)25-10-12-26(42)28(17-25)54-32(31(44)45)52-21-49/h5-13,16-17,21-22,30-31,51H,14-15,18-20,50H2,1-4H3,(H,57,62)(H2,49,52,54)(H,55,56,61). The SMILES string of the molecule is CNN=CN(N)c1ccc(C2(CC(C)(C)C)N=C(NC(=O)OCc3ccccc3)N(C3(c4ccc(Cl)c(N=C(N=CN)C(F)F)c4)CC3OC(=O)NC3(C(F)(F)F)CC3)C2=O)cc1F. The average Bonchev–Trinajstić information content (AvgIpc) is 4.14. The largest absolute Gasteiger partial charge is 0.444 e. The molecule has 23 heteroatoms. The third-order valence-corrected chi connectivity index (χ3v) is 10.8. The number of hydrogen-bond acceptors (Lipinski definition) is 10. The molecule has 3 unspecified atom stereocenters. The second-order valence-corrected chi connectivity index (χ2v) is 16.8. The van der Waals surface area contributed by atoms with Crippen LogP contribution < -0.4 is 32.6 Å². The average molecular weight is 920 g/mol. The highest BCUT2D eigenvalue weighted by Gasteiger charge is 2.71. The topological polar surface area (TPSA) is 214 Å². The van der Waals surface area contributed by atoms with Gasteiger partial charge in [0.2, 0.25) is 5.96 Å². The first-order valence-corrected chi connectivity index (χ1v) is 19.9. The highest BCUT2D eigenvalue weighted by Crippen LogP contribution is 2.58. The summed E-state index contributed by atoms with van der Waals surface area (Å²) in [4.78, 5) is 55.8. The van der Waals surface area contributed by atoms with Gasteiger partial charge in [-0.15, -0.1) is 0 Å². The summed E-state index contributed by atoms with van der Waals surface area (Å²) in [6.45, 7) is 5.07. The quantitative estimate of drug-likeness (QED) is 0.0398. The summed E-state index contributed by atoms with van der Waals surface area (Å²) in [5, 5.41) is 8.88. The smallest absolute Gasteiger partial charge is 0.414 e. The van der Waals surface area contributed by atoms with Gasteiger partial charge >= 0.3 is 18.4 Å². The number of rotatable bonds is 13. The molecule has 0 saturated heterocycles. The molecule has 0 radical (unpaired) electrons. The van der Waals surface area contributed by atoms with Crippen LogP contribution in [-0.2, 0) is 32.0 Å². The molecule has 0 aromatic heterocycles. The predicted octanol–water partition coefficient (Wildman–Crippen LogP) is 6.85. The molecule has 2 saturated carbocycles. The summed E-state index contributed by atoms with van der Waals surface area (Å²) in [5.41, 5.74) is 0.449. The Balaban J connectivity index is 1.53. The van der Waals surface area contributed by atoms with Crippen LogP contribution in [0.15, 0.2) is 86.8 Å². The van der Waals surface area contributed by atoms with E-state index in [0.29, 0.717) is 11.9 Å². The Labute approximate surface area is 367 Å². The Bertz CT molecular complexity index is 2390. The summed E-state index contributed by atoms with van der Waals surface area (Å²) in [5.74, 6) is 2.62. The molecule has 16 nitrogen and oxygen atoms in total. The monoisotopic (exact) mass is 919 g/mol. The van der Waals surface area contributed by atoms with Gasteiger partial charge in [0.05, 0.1) is 22.7 Å². The second kappa shape index (κ2) is 18.0. The van der Waals surface area contributed by atoms with Gasteiger partial charge in [0.1, 0.15) is 35.9 Å². The number of hydrogen-bond donors (Lipinski definition) is 5. The minimum absolute atomic E-state index is 0.00747. The molecular weight excluding hydrogens is 876 g/mol. The van der Waals surface area contributed by atoms with Gasteiger partial charge in [-0.1, -0.05) is 74.8 Å². The number of benzene rings is 3. The van der Waals surface area contributed by atoms with Gasteiger partial charge in [0, 0.05) is 13.5 Å². The van der Waals surface area contributed by atoms with Crippen molar-refractivity contribution >= 4 is 65.5 Å². The Hall–Kier alpha value is -6.42.